The van der Waals surface area contributed by atoms with E-state index in [-0.39, 0.29) is 55.1 Å². The number of aromatic nitrogens is 2. The number of piperidine rings is 1. The summed E-state index contributed by atoms with van der Waals surface area (Å²) in [5.41, 5.74) is 5.96. The van der Waals surface area contributed by atoms with Crippen LogP contribution in [-0.2, 0) is 49.4 Å². The molecule has 0 radical (unpaired) electrons. The van der Waals surface area contributed by atoms with Crippen molar-refractivity contribution in [3.05, 3.63) is 142 Å². The first-order valence-corrected chi connectivity index (χ1v) is 31.7. The van der Waals surface area contributed by atoms with Gasteiger partial charge in [0.05, 0.1) is 42.8 Å². The van der Waals surface area contributed by atoms with Gasteiger partial charge in [0.25, 0.3) is 17.2 Å². The molecule has 14 atom stereocenters. The third-order valence-corrected chi connectivity index (χ3v) is 18.6. The highest BCUT2D eigenvalue weighted by Gasteiger charge is 2.56. The van der Waals surface area contributed by atoms with E-state index in [4.69, 9.17) is 40.4 Å². The van der Waals surface area contributed by atoms with E-state index in [1.165, 1.54) is 28.7 Å². The monoisotopic (exact) mass is 1220 g/mol. The number of carbonyl (C=O) groups is 4. The normalized spacial score (nSPS) is 30.8. The highest BCUT2D eigenvalue weighted by molar-refractivity contribution is 7.98. The van der Waals surface area contributed by atoms with Gasteiger partial charge in [-0.3, -0.25) is 19.2 Å². The van der Waals surface area contributed by atoms with Gasteiger partial charge < -0.3 is 43.9 Å². The van der Waals surface area contributed by atoms with Gasteiger partial charge in [0.1, 0.15) is 24.0 Å². The van der Waals surface area contributed by atoms with Crippen LogP contribution in [-0.4, -0.2) is 142 Å². The fourth-order valence-electron chi connectivity index (χ4n) is 12.6. The lowest BCUT2D eigenvalue weighted by Crippen LogP contribution is -2.64. The number of rotatable bonds is 12. The molecule has 1 amide bonds. The molecule has 466 valence electrons. The molecule has 86 heavy (non-hydrogen) atoms. The topological polar surface area (TPSA) is 213 Å². The molecule has 1 saturated carbocycles. The number of carbonyl (C=O) groups excluding carboxylic acids is 4. The Bertz CT molecular complexity index is 3060. The summed E-state index contributed by atoms with van der Waals surface area (Å²) in [5.74, 6) is -7.76. The number of methoxy groups -OCH3 is 3. The Morgan fingerprint density at radius 2 is 1.50 bits per heavy atom. The molecule has 3 aromatic carbocycles. The Hall–Kier alpha value is -5.60. The van der Waals surface area contributed by atoms with Crippen molar-refractivity contribution in [1.29, 1.82) is 0 Å². The number of benzene rings is 3. The molecule has 0 unspecified atom stereocenters. The summed E-state index contributed by atoms with van der Waals surface area (Å²) in [6, 6.07) is 26.1. The smallest absolute Gasteiger partial charge is 0.329 e. The van der Waals surface area contributed by atoms with E-state index in [0.717, 1.165) is 33.5 Å². The number of aliphatic hydroxyl groups is 3. The minimum atomic E-state index is -2.51. The van der Waals surface area contributed by atoms with E-state index in [1.54, 1.807) is 44.9 Å². The molecule has 18 heteroatoms. The van der Waals surface area contributed by atoms with Crippen LogP contribution in [0.25, 0.3) is 22.4 Å². The highest BCUT2D eigenvalue weighted by Crippen LogP contribution is 2.40. The molecule has 4 aliphatic rings. The Balaban J connectivity index is 0.000000302. The summed E-state index contributed by atoms with van der Waals surface area (Å²) in [6.07, 6.45) is 6.98. The molecule has 1 aliphatic carbocycles. The maximum Gasteiger partial charge on any atom is 0.329 e. The van der Waals surface area contributed by atoms with E-state index in [9.17, 15) is 39.3 Å². The number of cyclic esters (lactones) is 1. The summed E-state index contributed by atoms with van der Waals surface area (Å²) in [7, 11) is 4.61. The van der Waals surface area contributed by atoms with E-state index in [0.29, 0.717) is 68.5 Å². The number of fused-ring (bicyclic) bond motifs is 3. The lowest BCUT2D eigenvalue weighted by Gasteiger charge is -2.47. The predicted octanol–water partition coefficient (Wildman–Crippen LogP) is 10.6. The van der Waals surface area contributed by atoms with Gasteiger partial charge in [-0.05, 0) is 137 Å². The van der Waals surface area contributed by atoms with Crippen molar-refractivity contribution in [2.24, 2.45) is 29.6 Å². The maximum atomic E-state index is 14.3. The number of ether oxygens (including phenoxy) is 5. The van der Waals surface area contributed by atoms with Crippen LogP contribution in [0.4, 0.5) is 0 Å². The quantitative estimate of drug-likeness (QED) is 0.0521. The van der Waals surface area contributed by atoms with E-state index in [1.807, 2.05) is 106 Å². The van der Waals surface area contributed by atoms with Crippen LogP contribution in [0.2, 0.25) is 5.02 Å². The fraction of sp³-hybridized carbons (Fsp3) is 0.529. The number of amides is 1. The number of hydrogen-bond donors (Lipinski definition) is 3. The zero-order chi connectivity index (χ0) is 62.4. The summed E-state index contributed by atoms with van der Waals surface area (Å²) < 4.78 is 31.3. The molecule has 2 bridgehead atoms. The third-order valence-electron chi connectivity index (χ3n) is 17.6. The van der Waals surface area contributed by atoms with Gasteiger partial charge in [0.2, 0.25) is 5.79 Å². The van der Waals surface area contributed by atoms with Crippen LogP contribution >= 0.6 is 23.4 Å². The largest absolute Gasteiger partial charge is 0.456 e. The van der Waals surface area contributed by atoms with Gasteiger partial charge in [0.15, 0.2) is 0 Å². The summed E-state index contributed by atoms with van der Waals surface area (Å²) >= 11 is 7.74. The van der Waals surface area contributed by atoms with Crippen molar-refractivity contribution in [1.82, 2.24) is 14.7 Å². The zero-order valence-corrected chi connectivity index (χ0v) is 52.8. The van der Waals surface area contributed by atoms with Crippen LogP contribution in [0.15, 0.2) is 131 Å². The lowest BCUT2D eigenvalue weighted by atomic mass is 9.81. The average Bonchev–Trinajstić information content (AvgIpc) is 2.21. The molecule has 0 spiro atoms. The Kier molecular flexibility index (Phi) is 24.9. The number of hydrogen-bond acceptors (Lipinski definition) is 15. The predicted molar refractivity (Wildman–Crippen MR) is 334 cm³/mol. The summed E-state index contributed by atoms with van der Waals surface area (Å²) in [4.78, 5) is 71.8. The number of allylic oxidation sites excluding steroid dienone is 4. The van der Waals surface area contributed by atoms with Crippen molar-refractivity contribution in [2.45, 2.75) is 171 Å². The van der Waals surface area contributed by atoms with Crippen molar-refractivity contribution in [2.75, 3.05) is 34.1 Å². The first kappa shape index (κ1) is 67.9. The first-order valence-electron chi connectivity index (χ1n) is 30.1. The van der Waals surface area contributed by atoms with Crippen molar-refractivity contribution < 1.29 is 58.2 Å². The number of esters is 1. The molecule has 3 N–H and O–H groups in total. The molecular formula is C68H88ClN3O13S. The molecule has 16 nitrogen and oxygen atoms in total. The molecule has 2 saturated heterocycles. The Labute approximate surface area is 516 Å². The van der Waals surface area contributed by atoms with E-state index < -0.39 is 83.9 Å². The van der Waals surface area contributed by atoms with Gasteiger partial charge in [-0.25, -0.2) is 9.48 Å². The second kappa shape index (κ2) is 31.5. The first-order chi connectivity index (χ1) is 41.1. The van der Waals surface area contributed by atoms with Gasteiger partial charge >= 0.3 is 5.97 Å². The number of nitrogens with zero attached hydrogens (tertiary/aromatic N) is 3. The summed E-state index contributed by atoms with van der Waals surface area (Å²) in [6.45, 7) is 13.6. The minimum Gasteiger partial charge on any atom is -0.456 e. The van der Waals surface area contributed by atoms with Crippen LogP contribution in [0.5, 0.6) is 0 Å². The molecular weight excluding hydrogens is 1130 g/mol. The Morgan fingerprint density at radius 1 is 0.837 bits per heavy atom. The van der Waals surface area contributed by atoms with Gasteiger partial charge in [-0.2, -0.15) is 5.10 Å². The fourth-order valence-corrected chi connectivity index (χ4v) is 13.1. The standard InChI is InChI=1S/C44H69NO12.C24H19ClN2OS/c1-10-13-31-19-25(2)18-26(3)20-37(54-8)40-38(55-9)22-28(5)44(52,57-40)41(49)42(50)45-17-12-11-14-32(45)43(51)56-39(29(6)34(47)24-35(31)48)27(4)21-30-15-16-33(46)36(23-30)53-7;1-29-21-13-9-19(10-14-21)24-22(18-7-11-20(25)12-8-18)15-23(28)27(26-24)16-17-5-3-2-4-6-17/h10,19,21,26,28-34,36-40,46-47,52H,1,11-18,20,22-24H2,2-9H3;2-15H,16H2,1H3/b25-19+,27-21+;/t26-,28+,29+,30-,31+,32-,33+,34-,36+,37-,38-,39+,40+,44+;/m0./s1. The highest BCUT2D eigenvalue weighted by atomic mass is 35.5. The molecule has 4 aromatic rings. The van der Waals surface area contributed by atoms with E-state index >= 15 is 0 Å². The molecule has 3 fully saturated rings. The summed E-state index contributed by atoms with van der Waals surface area (Å²) in [5, 5.41) is 39.6. The van der Waals surface area contributed by atoms with Crippen molar-refractivity contribution in [3.63, 3.8) is 0 Å². The molecule has 8 rings (SSSR count). The number of Topliss-reactive ketones (excluding diaryl/α,β-unsaturated/α-hetero) is 2. The lowest BCUT2D eigenvalue weighted by molar-refractivity contribution is -0.302. The second-order valence-corrected chi connectivity index (χ2v) is 25.2. The number of halogens is 1. The van der Waals surface area contributed by atoms with Crippen LogP contribution in [0.1, 0.15) is 111 Å². The van der Waals surface area contributed by atoms with Crippen molar-refractivity contribution in [3.8, 4) is 22.4 Å². The van der Waals surface area contributed by atoms with Crippen LogP contribution in [0.3, 0.4) is 0 Å². The van der Waals surface area contributed by atoms with Gasteiger partial charge in [-0.1, -0.05) is 111 Å². The number of aliphatic hydroxyl groups excluding tert-OH is 2. The number of ketones is 2. The van der Waals surface area contributed by atoms with Gasteiger partial charge in [0, 0.05) is 79.2 Å². The molecule has 3 aliphatic heterocycles. The number of thioether (sulfide) groups is 1. The Morgan fingerprint density at radius 3 is 2.15 bits per heavy atom. The van der Waals surface area contributed by atoms with Crippen LogP contribution < -0.4 is 5.56 Å². The average molecular weight is 1220 g/mol. The SMILES string of the molecule is C=CC[C@@H]1/C=C(\C)C[C@H](C)C[C@H](OC)[C@H]2O[C@@](O)(C(=O)C(=O)N3CCCC[C@H]3C(=O)O[C@H](/C(C)=C/[C@@H]3CC[C@@H](O)[C@H](OC)C3)[C@H](C)[C@@H](O)CC1=O)[C@H](C)C[C@@H]2OC.CSc1ccc(-c2nn(Cc3ccccc3)c(=O)cc2-c2ccc(Cl)cc2)cc1. The van der Waals surface area contributed by atoms with Gasteiger partial charge in [-0.15, -0.1) is 18.3 Å². The third kappa shape index (κ3) is 17.0. The van der Waals surface area contributed by atoms with Crippen LogP contribution in [0, 0.1) is 29.6 Å². The zero-order valence-electron chi connectivity index (χ0n) is 51.3. The molecule has 1 aromatic heterocycles. The second-order valence-electron chi connectivity index (χ2n) is 23.9. The maximum absolute atomic E-state index is 14.3. The van der Waals surface area contributed by atoms with Crippen molar-refractivity contribution >= 4 is 46.8 Å². The minimum absolute atomic E-state index is 0.00988. The van der Waals surface area contributed by atoms with E-state index in [2.05, 4.69) is 18.7 Å². The molecule has 4 heterocycles.